The molecule has 0 fully saturated rings. The molecule has 0 aromatic heterocycles. The van der Waals surface area contributed by atoms with Gasteiger partial charge in [-0.1, -0.05) is 31.5 Å². The van der Waals surface area contributed by atoms with Crippen LogP contribution in [0.4, 0.5) is 11.4 Å². The van der Waals surface area contributed by atoms with Crippen molar-refractivity contribution >= 4 is 17.2 Å². The zero-order chi connectivity index (χ0) is 14.3. The lowest BCUT2D eigenvalue weighted by Gasteiger charge is -2.13. The molecule has 1 N–H and O–H groups in total. The summed E-state index contributed by atoms with van der Waals surface area (Å²) in [6.07, 6.45) is 0.824. The van der Waals surface area contributed by atoms with Gasteiger partial charge in [-0.3, -0.25) is 4.79 Å². The van der Waals surface area contributed by atoms with Crippen LogP contribution < -0.4 is 5.32 Å². The van der Waals surface area contributed by atoms with Crippen LogP contribution in [-0.2, 0) is 6.42 Å². The average molecular weight is 265 g/mol. The van der Waals surface area contributed by atoms with E-state index >= 15 is 0 Å². The topological polar surface area (TPSA) is 29.1 Å². The van der Waals surface area contributed by atoms with Crippen LogP contribution in [0.25, 0.3) is 0 Å². The molecule has 2 nitrogen and oxygen atoms in total. The van der Waals surface area contributed by atoms with E-state index in [1.807, 2.05) is 26.0 Å². The quantitative estimate of drug-likeness (QED) is 0.866. The van der Waals surface area contributed by atoms with Gasteiger partial charge in [0.2, 0.25) is 0 Å². The molecule has 2 aromatic rings. The molecule has 0 amide bonds. The summed E-state index contributed by atoms with van der Waals surface area (Å²) in [5.41, 5.74) is 5.13. The van der Waals surface area contributed by atoms with Gasteiger partial charge in [-0.25, -0.2) is 0 Å². The minimum atomic E-state index is -0.259. The molecule has 2 aromatic carbocycles. The molecule has 0 atom stereocenters. The SMILES string of the molecule is Cc1ccc(Nc2ccc3c(c2)CC(C)(C)C3=O)cc1. The van der Waals surface area contributed by atoms with Gasteiger partial charge in [0, 0.05) is 22.4 Å². The molecule has 102 valence electrons. The molecule has 0 spiro atoms. The minimum Gasteiger partial charge on any atom is -0.356 e. The Morgan fingerprint density at radius 1 is 1.00 bits per heavy atom. The maximum atomic E-state index is 12.2. The molecule has 0 bridgehead atoms. The third-order valence-electron chi connectivity index (χ3n) is 3.94. The summed E-state index contributed by atoms with van der Waals surface area (Å²) >= 11 is 0. The van der Waals surface area contributed by atoms with E-state index in [1.165, 1.54) is 5.56 Å². The standard InChI is InChI=1S/C18H19NO/c1-12-4-6-14(7-5-12)19-15-8-9-16-13(10-15)11-18(2,3)17(16)20/h4-10,19H,11H2,1-3H3. The molecule has 0 saturated carbocycles. The highest BCUT2D eigenvalue weighted by molar-refractivity contribution is 6.04. The average Bonchev–Trinajstić information content (AvgIpc) is 2.62. The van der Waals surface area contributed by atoms with Crippen molar-refractivity contribution in [2.75, 3.05) is 5.32 Å². The first-order chi connectivity index (χ1) is 9.45. The lowest BCUT2D eigenvalue weighted by atomic mass is 9.89. The number of hydrogen-bond acceptors (Lipinski definition) is 2. The Morgan fingerprint density at radius 3 is 2.35 bits per heavy atom. The fraction of sp³-hybridized carbons (Fsp3) is 0.278. The van der Waals surface area contributed by atoms with Gasteiger partial charge in [-0.15, -0.1) is 0 Å². The van der Waals surface area contributed by atoms with Crippen molar-refractivity contribution in [1.29, 1.82) is 0 Å². The van der Waals surface area contributed by atoms with Gasteiger partial charge in [0.05, 0.1) is 0 Å². The molecule has 0 heterocycles. The van der Waals surface area contributed by atoms with Gasteiger partial charge in [0.15, 0.2) is 5.78 Å². The van der Waals surface area contributed by atoms with Crippen LogP contribution in [0, 0.1) is 12.3 Å². The van der Waals surface area contributed by atoms with Crippen LogP contribution in [0.1, 0.15) is 35.3 Å². The number of benzene rings is 2. The Kier molecular flexibility index (Phi) is 2.89. The number of nitrogens with one attached hydrogen (secondary N) is 1. The number of carbonyl (C=O) groups is 1. The van der Waals surface area contributed by atoms with E-state index in [0.717, 1.165) is 28.9 Å². The first kappa shape index (κ1) is 12.9. The van der Waals surface area contributed by atoms with E-state index in [4.69, 9.17) is 0 Å². The summed E-state index contributed by atoms with van der Waals surface area (Å²) in [7, 11) is 0. The smallest absolute Gasteiger partial charge is 0.169 e. The van der Waals surface area contributed by atoms with Gasteiger partial charge < -0.3 is 5.32 Å². The van der Waals surface area contributed by atoms with E-state index in [0.29, 0.717) is 0 Å². The largest absolute Gasteiger partial charge is 0.356 e. The Balaban J connectivity index is 1.88. The monoisotopic (exact) mass is 265 g/mol. The van der Waals surface area contributed by atoms with Crippen LogP contribution >= 0.6 is 0 Å². The highest BCUT2D eigenvalue weighted by atomic mass is 16.1. The van der Waals surface area contributed by atoms with Gasteiger partial charge >= 0.3 is 0 Å². The predicted octanol–water partition coefficient (Wildman–Crippen LogP) is 4.50. The van der Waals surface area contributed by atoms with E-state index in [9.17, 15) is 4.79 Å². The number of carbonyl (C=O) groups excluding carboxylic acids is 1. The molecule has 0 unspecified atom stereocenters. The molecule has 0 aliphatic heterocycles. The third kappa shape index (κ3) is 2.22. The highest BCUT2D eigenvalue weighted by Crippen LogP contribution is 2.37. The van der Waals surface area contributed by atoms with E-state index < -0.39 is 0 Å². The van der Waals surface area contributed by atoms with Crippen molar-refractivity contribution in [3.05, 3.63) is 59.2 Å². The van der Waals surface area contributed by atoms with Gasteiger partial charge in [-0.2, -0.15) is 0 Å². The van der Waals surface area contributed by atoms with Crippen molar-refractivity contribution in [2.45, 2.75) is 27.2 Å². The van der Waals surface area contributed by atoms with Crippen molar-refractivity contribution in [3.8, 4) is 0 Å². The Labute approximate surface area is 119 Å². The number of Topliss-reactive ketones (excluding diaryl/α,β-unsaturated/α-hetero) is 1. The van der Waals surface area contributed by atoms with Crippen LogP contribution in [0.2, 0.25) is 0 Å². The third-order valence-corrected chi connectivity index (χ3v) is 3.94. The summed E-state index contributed by atoms with van der Waals surface area (Å²) in [4.78, 5) is 12.2. The second kappa shape index (κ2) is 4.48. The fourth-order valence-electron chi connectivity index (χ4n) is 2.76. The number of fused-ring (bicyclic) bond motifs is 1. The van der Waals surface area contributed by atoms with E-state index in [-0.39, 0.29) is 11.2 Å². The van der Waals surface area contributed by atoms with Crippen molar-refractivity contribution in [3.63, 3.8) is 0 Å². The maximum Gasteiger partial charge on any atom is 0.169 e. The van der Waals surface area contributed by atoms with Crippen LogP contribution in [0.5, 0.6) is 0 Å². The number of ketones is 1. The molecule has 20 heavy (non-hydrogen) atoms. The van der Waals surface area contributed by atoms with Crippen molar-refractivity contribution in [2.24, 2.45) is 5.41 Å². The molecule has 0 saturated heterocycles. The van der Waals surface area contributed by atoms with Crippen LogP contribution in [0.3, 0.4) is 0 Å². The molecule has 1 aliphatic carbocycles. The molecule has 0 radical (unpaired) electrons. The van der Waals surface area contributed by atoms with Gasteiger partial charge in [-0.05, 0) is 49.2 Å². The zero-order valence-electron chi connectivity index (χ0n) is 12.2. The number of aryl methyl sites for hydroxylation is 1. The van der Waals surface area contributed by atoms with Gasteiger partial charge in [0.25, 0.3) is 0 Å². The van der Waals surface area contributed by atoms with Crippen LogP contribution in [0.15, 0.2) is 42.5 Å². The van der Waals surface area contributed by atoms with E-state index in [1.54, 1.807) is 0 Å². The molecular formula is C18H19NO. The second-order valence-corrected chi connectivity index (χ2v) is 6.25. The first-order valence-electron chi connectivity index (χ1n) is 6.97. The second-order valence-electron chi connectivity index (χ2n) is 6.25. The number of rotatable bonds is 2. The lowest BCUT2D eigenvalue weighted by Crippen LogP contribution is -2.18. The maximum absolute atomic E-state index is 12.2. The van der Waals surface area contributed by atoms with Crippen LogP contribution in [-0.4, -0.2) is 5.78 Å². The highest BCUT2D eigenvalue weighted by Gasteiger charge is 2.37. The molecule has 1 aliphatic rings. The van der Waals surface area contributed by atoms with Gasteiger partial charge in [0.1, 0.15) is 0 Å². The number of anilines is 2. The normalized spacial score (nSPS) is 16.1. The lowest BCUT2D eigenvalue weighted by molar-refractivity contribution is 0.0863. The summed E-state index contributed by atoms with van der Waals surface area (Å²) in [5.74, 6) is 0.259. The summed E-state index contributed by atoms with van der Waals surface area (Å²) in [6.45, 7) is 6.11. The Bertz CT molecular complexity index is 668. The van der Waals surface area contributed by atoms with Crippen molar-refractivity contribution in [1.82, 2.24) is 0 Å². The Hall–Kier alpha value is -2.09. The summed E-state index contributed by atoms with van der Waals surface area (Å²) in [5, 5.41) is 3.39. The minimum absolute atomic E-state index is 0.259. The predicted molar refractivity (Wildman–Crippen MR) is 82.7 cm³/mol. The van der Waals surface area contributed by atoms with E-state index in [2.05, 4.69) is 42.6 Å². The molecule has 2 heteroatoms. The molecular weight excluding hydrogens is 246 g/mol. The first-order valence-corrected chi connectivity index (χ1v) is 6.97. The summed E-state index contributed by atoms with van der Waals surface area (Å²) in [6, 6.07) is 14.3. The molecule has 3 rings (SSSR count). The fourth-order valence-corrected chi connectivity index (χ4v) is 2.76. The Morgan fingerprint density at radius 2 is 1.65 bits per heavy atom. The number of hydrogen-bond donors (Lipinski definition) is 1. The summed E-state index contributed by atoms with van der Waals surface area (Å²) < 4.78 is 0. The zero-order valence-corrected chi connectivity index (χ0v) is 12.2. The van der Waals surface area contributed by atoms with Crippen molar-refractivity contribution < 1.29 is 4.79 Å².